The quantitative estimate of drug-likeness (QED) is 0.569. The number of aryl methyl sites for hydroxylation is 3. The third kappa shape index (κ3) is 5.19. The highest BCUT2D eigenvalue weighted by molar-refractivity contribution is 7.92. The minimum Gasteiger partial charge on any atom is -0.343 e. The summed E-state index contributed by atoms with van der Waals surface area (Å²) in [6.45, 7) is 7.37. The molecule has 0 spiro atoms. The van der Waals surface area contributed by atoms with Crippen molar-refractivity contribution < 1.29 is 13.2 Å². The maximum Gasteiger partial charge on any atom is 0.244 e. The molecule has 32 heavy (non-hydrogen) atoms. The van der Waals surface area contributed by atoms with E-state index in [1.165, 1.54) is 4.31 Å². The van der Waals surface area contributed by atoms with E-state index in [1.54, 1.807) is 13.0 Å². The molecule has 0 aromatic heterocycles. The molecule has 0 unspecified atom stereocenters. The fraction of sp³-hybridized carbons (Fsp3) is 0.269. The minimum atomic E-state index is -3.70. The van der Waals surface area contributed by atoms with E-state index >= 15 is 0 Å². The standard InChI is InChI=1S/C26H30N2O3S/c1-18-15-16-20(3)24(17-18)28(32(5,30)31)21(4)26(29)27-25(22-12-7-6-8-13-22)23-14-10-9-11-19(23)2/h6-17,21,25H,1-5H3,(H,27,29)/t21-,25-/m1/s1. The Kier molecular flexibility index (Phi) is 7.04. The maximum absolute atomic E-state index is 13.5. The molecule has 0 aliphatic heterocycles. The normalized spacial score (nSPS) is 13.3. The molecule has 0 fully saturated rings. The van der Waals surface area contributed by atoms with E-state index in [1.807, 2.05) is 87.5 Å². The maximum atomic E-state index is 13.5. The van der Waals surface area contributed by atoms with Crippen LogP contribution in [0.1, 0.15) is 40.8 Å². The fourth-order valence-corrected chi connectivity index (χ4v) is 5.12. The van der Waals surface area contributed by atoms with Crippen LogP contribution in [-0.4, -0.2) is 26.6 Å². The third-order valence-electron chi connectivity index (χ3n) is 5.61. The summed E-state index contributed by atoms with van der Waals surface area (Å²) in [5.74, 6) is -0.367. The van der Waals surface area contributed by atoms with Crippen molar-refractivity contribution in [3.05, 3.63) is 101 Å². The van der Waals surface area contributed by atoms with Crippen LogP contribution in [0.15, 0.2) is 72.8 Å². The summed E-state index contributed by atoms with van der Waals surface area (Å²) in [5.41, 5.74) is 5.18. The Balaban J connectivity index is 2.01. The highest BCUT2D eigenvalue weighted by Gasteiger charge is 2.32. The molecule has 0 heterocycles. The average molecular weight is 451 g/mol. The van der Waals surface area contributed by atoms with Gasteiger partial charge in [-0.3, -0.25) is 9.10 Å². The third-order valence-corrected chi connectivity index (χ3v) is 6.84. The van der Waals surface area contributed by atoms with Gasteiger partial charge in [0.2, 0.25) is 15.9 Å². The van der Waals surface area contributed by atoms with Gasteiger partial charge in [-0.2, -0.15) is 0 Å². The molecule has 2 atom stereocenters. The number of amides is 1. The van der Waals surface area contributed by atoms with Gasteiger partial charge in [0.05, 0.1) is 18.0 Å². The number of carbonyl (C=O) groups excluding carboxylic acids is 1. The Morgan fingerprint density at radius 1 is 0.875 bits per heavy atom. The lowest BCUT2D eigenvalue weighted by atomic mass is 9.94. The predicted octanol–water partition coefficient (Wildman–Crippen LogP) is 4.67. The Morgan fingerprint density at radius 3 is 2.12 bits per heavy atom. The average Bonchev–Trinajstić information content (AvgIpc) is 2.74. The Morgan fingerprint density at radius 2 is 1.50 bits per heavy atom. The summed E-state index contributed by atoms with van der Waals surface area (Å²) in [5, 5.41) is 3.10. The Bertz CT molecular complexity index is 1210. The minimum absolute atomic E-state index is 0.367. The molecule has 3 aromatic rings. The molecule has 5 nitrogen and oxygen atoms in total. The van der Waals surface area contributed by atoms with Crippen molar-refractivity contribution in [3.63, 3.8) is 0 Å². The van der Waals surface area contributed by atoms with Crippen molar-refractivity contribution in [3.8, 4) is 0 Å². The smallest absolute Gasteiger partial charge is 0.244 e. The lowest BCUT2D eigenvalue weighted by Crippen LogP contribution is -2.49. The molecule has 3 aromatic carbocycles. The van der Waals surface area contributed by atoms with E-state index in [-0.39, 0.29) is 5.91 Å². The number of benzene rings is 3. The molecule has 3 rings (SSSR count). The lowest BCUT2D eigenvalue weighted by molar-refractivity contribution is -0.122. The van der Waals surface area contributed by atoms with E-state index in [4.69, 9.17) is 0 Å². The highest BCUT2D eigenvalue weighted by atomic mass is 32.2. The zero-order valence-electron chi connectivity index (χ0n) is 19.2. The molecule has 168 valence electrons. The Hall–Kier alpha value is -3.12. The van der Waals surface area contributed by atoms with Crippen molar-refractivity contribution >= 4 is 21.6 Å². The molecule has 6 heteroatoms. The monoisotopic (exact) mass is 450 g/mol. The van der Waals surface area contributed by atoms with Crippen LogP contribution in [0.3, 0.4) is 0 Å². The summed E-state index contributed by atoms with van der Waals surface area (Å²) in [7, 11) is -3.70. The zero-order valence-corrected chi connectivity index (χ0v) is 20.0. The van der Waals surface area contributed by atoms with Gasteiger partial charge in [0, 0.05) is 0 Å². The van der Waals surface area contributed by atoms with Gasteiger partial charge in [-0.1, -0.05) is 66.7 Å². The number of sulfonamides is 1. The molecule has 1 amide bonds. The van der Waals surface area contributed by atoms with Gasteiger partial charge in [-0.05, 0) is 61.6 Å². The van der Waals surface area contributed by atoms with Gasteiger partial charge in [0.25, 0.3) is 0 Å². The van der Waals surface area contributed by atoms with E-state index in [0.29, 0.717) is 5.69 Å². The number of hydrogen-bond donors (Lipinski definition) is 1. The molecular formula is C26H30N2O3S. The van der Waals surface area contributed by atoms with Gasteiger partial charge < -0.3 is 5.32 Å². The van der Waals surface area contributed by atoms with Crippen molar-refractivity contribution in [2.24, 2.45) is 0 Å². The molecule has 0 aliphatic carbocycles. The van der Waals surface area contributed by atoms with E-state index in [0.717, 1.165) is 34.1 Å². The second-order valence-corrected chi connectivity index (χ2v) is 10.1. The number of anilines is 1. The van der Waals surface area contributed by atoms with Gasteiger partial charge in [-0.15, -0.1) is 0 Å². The molecule has 0 saturated heterocycles. The van der Waals surface area contributed by atoms with Gasteiger partial charge in [-0.25, -0.2) is 8.42 Å². The largest absolute Gasteiger partial charge is 0.343 e. The molecule has 0 radical (unpaired) electrons. The van der Waals surface area contributed by atoms with Crippen LogP contribution in [-0.2, 0) is 14.8 Å². The van der Waals surface area contributed by atoms with Crippen LogP contribution >= 0.6 is 0 Å². The Labute approximate surface area is 191 Å². The fourth-order valence-electron chi connectivity index (χ4n) is 3.90. The summed E-state index contributed by atoms with van der Waals surface area (Å²) in [6.07, 6.45) is 1.13. The van der Waals surface area contributed by atoms with Crippen molar-refractivity contribution in [1.82, 2.24) is 5.32 Å². The number of nitrogens with one attached hydrogen (secondary N) is 1. The molecule has 1 N–H and O–H groups in total. The van der Waals surface area contributed by atoms with Crippen LogP contribution in [0.4, 0.5) is 5.69 Å². The van der Waals surface area contributed by atoms with E-state index < -0.39 is 22.1 Å². The summed E-state index contributed by atoms with van der Waals surface area (Å²) in [4.78, 5) is 13.5. The first-order valence-electron chi connectivity index (χ1n) is 10.6. The highest BCUT2D eigenvalue weighted by Crippen LogP contribution is 2.28. The topological polar surface area (TPSA) is 66.5 Å². The van der Waals surface area contributed by atoms with Crippen LogP contribution in [0.2, 0.25) is 0 Å². The zero-order chi connectivity index (χ0) is 23.5. The lowest BCUT2D eigenvalue weighted by Gasteiger charge is -2.31. The van der Waals surface area contributed by atoms with Gasteiger partial charge in [0.15, 0.2) is 0 Å². The van der Waals surface area contributed by atoms with Crippen LogP contribution < -0.4 is 9.62 Å². The molecular weight excluding hydrogens is 420 g/mol. The number of hydrogen-bond acceptors (Lipinski definition) is 3. The number of nitrogens with zero attached hydrogens (tertiary/aromatic N) is 1. The molecule has 0 saturated carbocycles. The first kappa shape index (κ1) is 23.5. The van der Waals surface area contributed by atoms with Gasteiger partial charge >= 0.3 is 0 Å². The van der Waals surface area contributed by atoms with Crippen molar-refractivity contribution in [2.45, 2.75) is 39.8 Å². The summed E-state index contributed by atoms with van der Waals surface area (Å²) < 4.78 is 26.7. The number of rotatable bonds is 7. The summed E-state index contributed by atoms with van der Waals surface area (Å²) in [6, 6.07) is 21.8. The van der Waals surface area contributed by atoms with Crippen LogP contribution in [0.25, 0.3) is 0 Å². The van der Waals surface area contributed by atoms with Gasteiger partial charge in [0.1, 0.15) is 6.04 Å². The summed E-state index contributed by atoms with van der Waals surface area (Å²) >= 11 is 0. The van der Waals surface area contributed by atoms with Crippen LogP contribution in [0, 0.1) is 20.8 Å². The van der Waals surface area contributed by atoms with E-state index in [9.17, 15) is 13.2 Å². The van der Waals surface area contributed by atoms with E-state index in [2.05, 4.69) is 5.32 Å². The molecule has 0 aliphatic rings. The SMILES string of the molecule is Cc1ccc(C)c(N([C@H](C)C(=O)N[C@H](c2ccccc2)c2ccccc2C)S(C)(=O)=O)c1. The first-order valence-corrected chi connectivity index (χ1v) is 12.4. The van der Waals surface area contributed by atoms with Crippen molar-refractivity contribution in [2.75, 3.05) is 10.6 Å². The van der Waals surface area contributed by atoms with Crippen LogP contribution in [0.5, 0.6) is 0 Å². The van der Waals surface area contributed by atoms with Crippen molar-refractivity contribution in [1.29, 1.82) is 0 Å². The number of carbonyl (C=O) groups is 1. The second-order valence-electron chi connectivity index (χ2n) is 8.23. The molecule has 0 bridgehead atoms. The first-order chi connectivity index (χ1) is 15.1. The second kappa shape index (κ2) is 9.57. The predicted molar refractivity (Wildman–Crippen MR) is 130 cm³/mol.